The molecule has 4 heteroatoms. The van der Waals surface area contributed by atoms with Crippen molar-refractivity contribution in [2.75, 3.05) is 6.61 Å². The molecule has 0 amide bonds. The smallest absolute Gasteiger partial charge is 0.309 e. The average Bonchev–Trinajstić information content (AvgIpc) is 2.26. The van der Waals surface area contributed by atoms with E-state index in [1.54, 1.807) is 13.8 Å². The molecule has 0 unspecified atom stereocenters. The molecule has 0 aromatic heterocycles. The van der Waals surface area contributed by atoms with Crippen LogP contribution in [0.15, 0.2) is 28.7 Å². The summed E-state index contributed by atoms with van der Waals surface area (Å²) in [7, 11) is 0. The summed E-state index contributed by atoms with van der Waals surface area (Å²) >= 11 is 3.36. The van der Waals surface area contributed by atoms with E-state index >= 15 is 0 Å². The number of aliphatic carboxylic acids is 1. The summed E-state index contributed by atoms with van der Waals surface area (Å²) < 4.78 is 6.50. The fraction of sp³-hybridized carbons (Fsp3) is 0.462. The van der Waals surface area contributed by atoms with Gasteiger partial charge < -0.3 is 9.84 Å². The quantitative estimate of drug-likeness (QED) is 0.818. The minimum atomic E-state index is -0.787. The van der Waals surface area contributed by atoms with Crippen molar-refractivity contribution >= 4 is 21.9 Å². The molecule has 1 aromatic carbocycles. The lowest BCUT2D eigenvalue weighted by atomic mass is 9.90. The summed E-state index contributed by atoms with van der Waals surface area (Å²) in [4.78, 5) is 10.9. The van der Waals surface area contributed by atoms with Crippen LogP contribution in [0.5, 0.6) is 0 Å². The van der Waals surface area contributed by atoms with E-state index in [4.69, 9.17) is 9.84 Å². The van der Waals surface area contributed by atoms with Crippen LogP contribution in [0.1, 0.15) is 25.8 Å². The SMILES string of the molecule is CC(C)(CCOCc1ccc(Br)cc1)C(=O)O. The van der Waals surface area contributed by atoms with Crippen molar-refractivity contribution in [2.24, 2.45) is 5.41 Å². The lowest BCUT2D eigenvalue weighted by Gasteiger charge is -2.18. The first-order valence-corrected chi connectivity index (χ1v) is 6.27. The molecule has 0 atom stereocenters. The highest BCUT2D eigenvalue weighted by Crippen LogP contribution is 2.20. The van der Waals surface area contributed by atoms with Gasteiger partial charge in [0.15, 0.2) is 0 Å². The molecule has 1 rings (SSSR count). The molecular formula is C13H17BrO3. The maximum Gasteiger partial charge on any atom is 0.309 e. The van der Waals surface area contributed by atoms with Crippen molar-refractivity contribution in [1.29, 1.82) is 0 Å². The standard InChI is InChI=1S/C13H17BrO3/c1-13(2,12(15)16)7-8-17-9-10-3-5-11(14)6-4-10/h3-6H,7-9H2,1-2H3,(H,15,16). The van der Waals surface area contributed by atoms with Crippen molar-refractivity contribution in [1.82, 2.24) is 0 Å². The summed E-state index contributed by atoms with van der Waals surface area (Å²) in [5, 5.41) is 8.93. The van der Waals surface area contributed by atoms with Crippen LogP contribution in [0.25, 0.3) is 0 Å². The number of halogens is 1. The zero-order valence-electron chi connectivity index (χ0n) is 10.1. The van der Waals surface area contributed by atoms with Gasteiger partial charge in [-0.25, -0.2) is 0 Å². The van der Waals surface area contributed by atoms with Gasteiger partial charge in [0.25, 0.3) is 0 Å². The first-order valence-electron chi connectivity index (χ1n) is 5.47. The van der Waals surface area contributed by atoms with E-state index in [0.29, 0.717) is 19.6 Å². The van der Waals surface area contributed by atoms with Gasteiger partial charge in [-0.05, 0) is 38.0 Å². The van der Waals surface area contributed by atoms with E-state index in [0.717, 1.165) is 10.0 Å². The molecular weight excluding hydrogens is 284 g/mol. The highest BCUT2D eigenvalue weighted by molar-refractivity contribution is 9.10. The number of hydrogen-bond donors (Lipinski definition) is 1. The molecule has 17 heavy (non-hydrogen) atoms. The van der Waals surface area contributed by atoms with Gasteiger partial charge in [0, 0.05) is 11.1 Å². The second-order valence-corrected chi connectivity index (χ2v) is 5.53. The van der Waals surface area contributed by atoms with E-state index in [1.807, 2.05) is 24.3 Å². The fourth-order valence-corrected chi connectivity index (χ4v) is 1.47. The van der Waals surface area contributed by atoms with Crippen molar-refractivity contribution < 1.29 is 14.6 Å². The first kappa shape index (κ1) is 14.2. The Labute approximate surface area is 110 Å². The van der Waals surface area contributed by atoms with Crippen molar-refractivity contribution in [3.8, 4) is 0 Å². The normalized spacial score (nSPS) is 11.5. The second kappa shape index (κ2) is 6.17. The van der Waals surface area contributed by atoms with Crippen LogP contribution in [0, 0.1) is 5.41 Å². The van der Waals surface area contributed by atoms with Gasteiger partial charge in [-0.1, -0.05) is 28.1 Å². The summed E-state index contributed by atoms with van der Waals surface area (Å²) in [6, 6.07) is 7.87. The zero-order valence-corrected chi connectivity index (χ0v) is 11.7. The van der Waals surface area contributed by atoms with Gasteiger partial charge in [-0.2, -0.15) is 0 Å². The molecule has 94 valence electrons. The predicted octanol–water partition coefficient (Wildman–Crippen LogP) is 3.47. The number of carbonyl (C=O) groups is 1. The second-order valence-electron chi connectivity index (χ2n) is 4.62. The molecule has 0 bridgehead atoms. The van der Waals surface area contributed by atoms with Crippen molar-refractivity contribution in [3.63, 3.8) is 0 Å². The Hall–Kier alpha value is -0.870. The van der Waals surface area contributed by atoms with Crippen LogP contribution >= 0.6 is 15.9 Å². The first-order chi connectivity index (χ1) is 7.92. The largest absolute Gasteiger partial charge is 0.481 e. The Balaban J connectivity index is 2.29. The molecule has 0 heterocycles. The topological polar surface area (TPSA) is 46.5 Å². The van der Waals surface area contributed by atoms with E-state index in [1.165, 1.54) is 0 Å². The van der Waals surface area contributed by atoms with Crippen molar-refractivity contribution in [2.45, 2.75) is 26.9 Å². The summed E-state index contributed by atoms with van der Waals surface area (Å²) in [5.41, 5.74) is 0.362. The lowest BCUT2D eigenvalue weighted by molar-refractivity contribution is -0.148. The van der Waals surface area contributed by atoms with E-state index < -0.39 is 11.4 Å². The summed E-state index contributed by atoms with van der Waals surface area (Å²) in [6.45, 7) is 4.38. The van der Waals surface area contributed by atoms with Crippen LogP contribution in [0.4, 0.5) is 0 Å². The Morgan fingerprint density at radius 3 is 2.47 bits per heavy atom. The minimum absolute atomic E-state index is 0.454. The Morgan fingerprint density at radius 2 is 1.94 bits per heavy atom. The Kier molecular flexibility index (Phi) is 5.15. The van der Waals surface area contributed by atoms with E-state index in [-0.39, 0.29) is 0 Å². The molecule has 0 aliphatic carbocycles. The van der Waals surface area contributed by atoms with Gasteiger partial charge in [0.05, 0.1) is 12.0 Å². The lowest BCUT2D eigenvalue weighted by Crippen LogP contribution is -2.25. The fourth-order valence-electron chi connectivity index (χ4n) is 1.20. The van der Waals surface area contributed by atoms with Gasteiger partial charge in [0.2, 0.25) is 0 Å². The third-order valence-electron chi connectivity index (χ3n) is 2.63. The molecule has 3 nitrogen and oxygen atoms in total. The number of ether oxygens (including phenoxy) is 1. The molecule has 0 aliphatic rings. The van der Waals surface area contributed by atoms with Crippen LogP contribution in [-0.2, 0) is 16.1 Å². The summed E-state index contributed by atoms with van der Waals surface area (Å²) in [6.07, 6.45) is 0.513. The molecule has 0 saturated carbocycles. The monoisotopic (exact) mass is 300 g/mol. The number of carboxylic acid groups (broad SMARTS) is 1. The van der Waals surface area contributed by atoms with Crippen LogP contribution in [-0.4, -0.2) is 17.7 Å². The zero-order chi connectivity index (χ0) is 12.9. The van der Waals surface area contributed by atoms with Gasteiger partial charge in [-0.3, -0.25) is 4.79 Å². The number of hydrogen-bond acceptors (Lipinski definition) is 2. The van der Waals surface area contributed by atoms with E-state index in [2.05, 4.69) is 15.9 Å². The van der Waals surface area contributed by atoms with Crippen LogP contribution < -0.4 is 0 Å². The van der Waals surface area contributed by atoms with Crippen LogP contribution in [0.2, 0.25) is 0 Å². The Morgan fingerprint density at radius 1 is 1.35 bits per heavy atom. The maximum absolute atomic E-state index is 10.9. The molecule has 1 N–H and O–H groups in total. The van der Waals surface area contributed by atoms with E-state index in [9.17, 15) is 4.79 Å². The van der Waals surface area contributed by atoms with Gasteiger partial charge >= 0.3 is 5.97 Å². The maximum atomic E-state index is 10.9. The molecule has 0 saturated heterocycles. The Bertz CT molecular complexity index is 371. The summed E-state index contributed by atoms with van der Waals surface area (Å²) in [5.74, 6) is -0.787. The molecule has 0 fully saturated rings. The highest BCUT2D eigenvalue weighted by atomic mass is 79.9. The predicted molar refractivity (Wildman–Crippen MR) is 69.8 cm³/mol. The minimum Gasteiger partial charge on any atom is -0.481 e. The number of rotatable bonds is 6. The molecule has 0 aliphatic heterocycles. The van der Waals surface area contributed by atoms with Gasteiger partial charge in [0.1, 0.15) is 0 Å². The number of carboxylic acids is 1. The highest BCUT2D eigenvalue weighted by Gasteiger charge is 2.26. The molecule has 1 aromatic rings. The number of benzene rings is 1. The molecule has 0 radical (unpaired) electrons. The molecule has 0 spiro atoms. The van der Waals surface area contributed by atoms with Crippen LogP contribution in [0.3, 0.4) is 0 Å². The van der Waals surface area contributed by atoms with Crippen molar-refractivity contribution in [3.05, 3.63) is 34.3 Å². The average molecular weight is 301 g/mol. The van der Waals surface area contributed by atoms with Gasteiger partial charge in [-0.15, -0.1) is 0 Å². The third-order valence-corrected chi connectivity index (χ3v) is 3.16. The third kappa shape index (κ3) is 4.88.